The summed E-state index contributed by atoms with van der Waals surface area (Å²) in [6, 6.07) is -3.01. The van der Waals surface area contributed by atoms with Crippen molar-refractivity contribution in [1.82, 2.24) is 10.6 Å². The van der Waals surface area contributed by atoms with Gasteiger partial charge in [0, 0.05) is 6.42 Å². The SMILES string of the molecule is CCC(C)C(N)C(=O)NC(CCC(N)=O)C(=O)NC(C(=O)O)C(C)C. The minimum absolute atomic E-state index is 0.0371. The molecule has 0 aliphatic carbocycles. The second kappa shape index (κ2) is 10.7. The van der Waals surface area contributed by atoms with E-state index in [2.05, 4.69) is 10.6 Å². The molecule has 0 aromatic heterocycles. The smallest absolute Gasteiger partial charge is 0.326 e. The van der Waals surface area contributed by atoms with Gasteiger partial charge in [0.15, 0.2) is 0 Å². The highest BCUT2D eigenvalue weighted by Gasteiger charge is 2.30. The molecule has 0 aliphatic rings. The Kier molecular flexibility index (Phi) is 9.73. The van der Waals surface area contributed by atoms with Crippen molar-refractivity contribution in [2.24, 2.45) is 23.3 Å². The van der Waals surface area contributed by atoms with Crippen LogP contribution in [0.15, 0.2) is 0 Å². The first-order valence-corrected chi connectivity index (χ1v) is 8.38. The summed E-state index contributed by atoms with van der Waals surface area (Å²) in [6.45, 7) is 6.99. The lowest BCUT2D eigenvalue weighted by atomic mass is 9.98. The van der Waals surface area contributed by atoms with Crippen molar-refractivity contribution in [2.75, 3.05) is 0 Å². The van der Waals surface area contributed by atoms with Crippen LogP contribution >= 0.6 is 0 Å². The van der Waals surface area contributed by atoms with E-state index in [4.69, 9.17) is 11.5 Å². The Morgan fingerprint density at radius 2 is 1.60 bits per heavy atom. The predicted molar refractivity (Wildman–Crippen MR) is 92.2 cm³/mol. The summed E-state index contributed by atoms with van der Waals surface area (Å²) in [5.74, 6) is -3.47. The molecule has 9 heteroatoms. The minimum atomic E-state index is -1.18. The van der Waals surface area contributed by atoms with Gasteiger partial charge < -0.3 is 27.2 Å². The molecule has 9 nitrogen and oxygen atoms in total. The van der Waals surface area contributed by atoms with Crippen molar-refractivity contribution in [3.63, 3.8) is 0 Å². The Balaban J connectivity index is 5.14. The lowest BCUT2D eigenvalue weighted by molar-refractivity contribution is -0.143. The number of carboxylic acids is 1. The Morgan fingerprint density at radius 1 is 1.04 bits per heavy atom. The predicted octanol–water partition coefficient (Wildman–Crippen LogP) is -0.664. The maximum absolute atomic E-state index is 12.4. The molecule has 4 atom stereocenters. The first kappa shape index (κ1) is 22.8. The molecule has 0 rings (SSSR count). The largest absolute Gasteiger partial charge is 0.480 e. The van der Waals surface area contributed by atoms with Gasteiger partial charge in [-0.05, 0) is 18.3 Å². The molecule has 0 aliphatic heterocycles. The second-order valence-electron chi connectivity index (χ2n) is 6.55. The van der Waals surface area contributed by atoms with E-state index in [1.807, 2.05) is 13.8 Å². The van der Waals surface area contributed by atoms with Gasteiger partial charge in [-0.1, -0.05) is 34.1 Å². The average Bonchev–Trinajstić information content (AvgIpc) is 2.53. The summed E-state index contributed by atoms with van der Waals surface area (Å²) in [6.07, 6.45) is 0.516. The molecule has 0 radical (unpaired) electrons. The quantitative estimate of drug-likeness (QED) is 0.329. The fourth-order valence-electron chi connectivity index (χ4n) is 2.10. The lowest BCUT2D eigenvalue weighted by Crippen LogP contribution is -2.56. The molecule has 144 valence electrons. The van der Waals surface area contributed by atoms with Gasteiger partial charge in [0.1, 0.15) is 12.1 Å². The van der Waals surface area contributed by atoms with Crippen molar-refractivity contribution < 1.29 is 24.3 Å². The van der Waals surface area contributed by atoms with Crippen LogP contribution in [0.1, 0.15) is 47.0 Å². The van der Waals surface area contributed by atoms with E-state index in [0.717, 1.165) is 0 Å². The van der Waals surface area contributed by atoms with Gasteiger partial charge >= 0.3 is 5.97 Å². The maximum Gasteiger partial charge on any atom is 0.326 e. The number of rotatable bonds is 11. The van der Waals surface area contributed by atoms with E-state index in [1.165, 1.54) is 0 Å². The summed E-state index contributed by atoms with van der Waals surface area (Å²) in [5, 5.41) is 14.0. The molecule has 0 heterocycles. The van der Waals surface area contributed by atoms with Gasteiger partial charge in [0.25, 0.3) is 0 Å². The van der Waals surface area contributed by atoms with Crippen LogP contribution in [0.4, 0.5) is 0 Å². The monoisotopic (exact) mass is 358 g/mol. The fraction of sp³-hybridized carbons (Fsp3) is 0.750. The number of carbonyl (C=O) groups is 4. The van der Waals surface area contributed by atoms with Crippen LogP contribution in [0.5, 0.6) is 0 Å². The van der Waals surface area contributed by atoms with E-state index in [-0.39, 0.29) is 24.7 Å². The van der Waals surface area contributed by atoms with Crippen molar-refractivity contribution in [1.29, 1.82) is 0 Å². The lowest BCUT2D eigenvalue weighted by Gasteiger charge is -2.25. The third-order valence-corrected chi connectivity index (χ3v) is 4.10. The summed E-state index contributed by atoms with van der Waals surface area (Å²) in [7, 11) is 0. The number of hydrogen-bond donors (Lipinski definition) is 5. The van der Waals surface area contributed by atoms with Crippen LogP contribution in [0, 0.1) is 11.8 Å². The summed E-state index contributed by atoms with van der Waals surface area (Å²) >= 11 is 0. The molecule has 0 aromatic rings. The highest BCUT2D eigenvalue weighted by molar-refractivity contribution is 5.92. The van der Waals surface area contributed by atoms with E-state index in [9.17, 15) is 24.3 Å². The zero-order valence-electron chi connectivity index (χ0n) is 15.2. The average molecular weight is 358 g/mol. The molecule has 25 heavy (non-hydrogen) atoms. The molecule has 0 bridgehead atoms. The van der Waals surface area contributed by atoms with E-state index in [1.54, 1.807) is 13.8 Å². The number of nitrogens with two attached hydrogens (primary N) is 2. The maximum atomic E-state index is 12.4. The third-order valence-electron chi connectivity index (χ3n) is 4.10. The fourth-order valence-corrected chi connectivity index (χ4v) is 2.10. The molecule has 0 spiro atoms. The molecular formula is C16H30N4O5. The third kappa shape index (κ3) is 7.97. The number of aliphatic carboxylic acids is 1. The van der Waals surface area contributed by atoms with E-state index < -0.39 is 41.8 Å². The number of hydrogen-bond acceptors (Lipinski definition) is 5. The van der Waals surface area contributed by atoms with Gasteiger partial charge in [-0.15, -0.1) is 0 Å². The van der Waals surface area contributed by atoms with Crippen LogP contribution in [0.25, 0.3) is 0 Å². The number of amides is 3. The van der Waals surface area contributed by atoms with Gasteiger partial charge in [-0.25, -0.2) is 4.79 Å². The number of carboxylic acid groups (broad SMARTS) is 1. The molecule has 0 saturated carbocycles. The van der Waals surface area contributed by atoms with Gasteiger partial charge in [0.05, 0.1) is 6.04 Å². The van der Waals surface area contributed by atoms with Gasteiger partial charge in [-0.2, -0.15) is 0 Å². The zero-order valence-corrected chi connectivity index (χ0v) is 15.2. The molecule has 0 aromatic carbocycles. The zero-order chi connectivity index (χ0) is 19.7. The van der Waals surface area contributed by atoms with Crippen LogP contribution in [-0.2, 0) is 19.2 Å². The second-order valence-corrected chi connectivity index (χ2v) is 6.55. The van der Waals surface area contributed by atoms with E-state index in [0.29, 0.717) is 6.42 Å². The van der Waals surface area contributed by atoms with Crippen LogP contribution < -0.4 is 22.1 Å². The van der Waals surface area contributed by atoms with Crippen molar-refractivity contribution >= 4 is 23.7 Å². The highest BCUT2D eigenvalue weighted by Crippen LogP contribution is 2.08. The van der Waals surface area contributed by atoms with Crippen molar-refractivity contribution in [2.45, 2.75) is 65.1 Å². The van der Waals surface area contributed by atoms with Crippen LogP contribution in [0.3, 0.4) is 0 Å². The number of primary amides is 1. The molecule has 7 N–H and O–H groups in total. The van der Waals surface area contributed by atoms with Crippen LogP contribution in [0.2, 0.25) is 0 Å². The molecule has 0 saturated heterocycles. The number of nitrogens with one attached hydrogen (secondary N) is 2. The Bertz CT molecular complexity index is 495. The Morgan fingerprint density at radius 3 is 2.00 bits per heavy atom. The summed E-state index contributed by atoms with van der Waals surface area (Å²) in [4.78, 5) is 46.8. The van der Waals surface area contributed by atoms with Crippen molar-refractivity contribution in [3.05, 3.63) is 0 Å². The van der Waals surface area contributed by atoms with Gasteiger partial charge in [0.2, 0.25) is 17.7 Å². The molecule has 3 amide bonds. The van der Waals surface area contributed by atoms with Crippen LogP contribution in [-0.4, -0.2) is 46.9 Å². The topological polar surface area (TPSA) is 165 Å². The molecule has 4 unspecified atom stereocenters. The standard InChI is InChI=1S/C16H30N4O5/c1-5-9(4)12(18)15(23)19-10(6-7-11(17)21)14(22)20-13(8(2)3)16(24)25/h8-10,12-13H,5-7,18H2,1-4H3,(H2,17,21)(H,19,23)(H,20,22)(H,24,25). The van der Waals surface area contributed by atoms with Gasteiger partial charge in [-0.3, -0.25) is 14.4 Å². The number of carbonyl (C=O) groups excluding carboxylic acids is 3. The minimum Gasteiger partial charge on any atom is -0.480 e. The summed E-state index contributed by atoms with van der Waals surface area (Å²) in [5.41, 5.74) is 10.9. The normalized spacial score (nSPS) is 15.8. The van der Waals surface area contributed by atoms with Crippen molar-refractivity contribution in [3.8, 4) is 0 Å². The Hall–Kier alpha value is -2.16. The van der Waals surface area contributed by atoms with E-state index >= 15 is 0 Å². The first-order chi connectivity index (χ1) is 11.5. The summed E-state index contributed by atoms with van der Waals surface area (Å²) < 4.78 is 0. The highest BCUT2D eigenvalue weighted by atomic mass is 16.4. The molecular weight excluding hydrogens is 328 g/mol. The Labute approximate surface area is 147 Å². The first-order valence-electron chi connectivity index (χ1n) is 8.38. The molecule has 0 fully saturated rings.